The van der Waals surface area contributed by atoms with Gasteiger partial charge in [-0.15, -0.1) is 0 Å². The van der Waals surface area contributed by atoms with Crippen LogP contribution < -0.4 is 4.74 Å². The van der Waals surface area contributed by atoms with E-state index in [4.69, 9.17) is 4.74 Å². The van der Waals surface area contributed by atoms with E-state index < -0.39 is 5.41 Å². The summed E-state index contributed by atoms with van der Waals surface area (Å²) in [4.78, 5) is 28.3. The number of aliphatic hydroxyl groups excluding tert-OH is 1. The van der Waals surface area contributed by atoms with Crippen molar-refractivity contribution in [1.82, 2.24) is 0 Å². The van der Waals surface area contributed by atoms with Crippen LogP contribution in [0.5, 0.6) is 5.75 Å². The van der Waals surface area contributed by atoms with E-state index in [1.807, 2.05) is 12.1 Å². The summed E-state index contributed by atoms with van der Waals surface area (Å²) in [5.74, 6) is 3.00. The molecule has 44 heavy (non-hydrogen) atoms. The van der Waals surface area contributed by atoms with Crippen LogP contribution in [0.3, 0.4) is 0 Å². The molecule has 4 nitrogen and oxygen atoms in total. The van der Waals surface area contributed by atoms with Crippen molar-refractivity contribution in [3.63, 3.8) is 0 Å². The largest absolute Gasteiger partial charge is 0.497 e. The standard InChI is InChI=1S/C40H58O4/c1-25(2)34-29(41)24-40(33(43)11-9-10-26-12-14-27(44-8)15-13-26)23-22-38(6)28(35(34)40)16-17-31-37(5)20-19-32(42)36(3,4)30(37)18-21-39(31,38)7/h12-15,25,28,30-32,42H,9-11,16-24H2,1-8H3/t28-,30+,31-,32+,37+,38-,39-,40+/m1/s1. The van der Waals surface area contributed by atoms with Gasteiger partial charge in [0.2, 0.25) is 0 Å². The second kappa shape index (κ2) is 10.8. The Morgan fingerprint density at radius 2 is 1.61 bits per heavy atom. The molecular weight excluding hydrogens is 544 g/mol. The number of aliphatic hydroxyl groups is 1. The summed E-state index contributed by atoms with van der Waals surface area (Å²) >= 11 is 0. The van der Waals surface area contributed by atoms with Crippen LogP contribution in [0, 0.1) is 50.7 Å². The zero-order chi connectivity index (χ0) is 31.9. The number of benzene rings is 1. The van der Waals surface area contributed by atoms with Crippen molar-refractivity contribution < 1.29 is 19.4 Å². The average Bonchev–Trinajstić information content (AvgIpc) is 3.29. The molecule has 1 aromatic rings. The molecule has 5 aliphatic rings. The number of carbonyl (C=O) groups excluding carboxylic acids is 2. The number of ether oxygens (including phenoxy) is 1. The molecular formula is C40H58O4. The molecule has 4 heteroatoms. The van der Waals surface area contributed by atoms with Crippen LogP contribution in [0.25, 0.3) is 0 Å². The molecule has 0 amide bonds. The van der Waals surface area contributed by atoms with Gasteiger partial charge in [-0.1, -0.05) is 60.6 Å². The third-order valence-electron chi connectivity index (χ3n) is 15.0. The topological polar surface area (TPSA) is 63.6 Å². The molecule has 242 valence electrons. The highest BCUT2D eigenvalue weighted by atomic mass is 16.5. The Bertz CT molecular complexity index is 1340. The Labute approximate surface area is 266 Å². The molecule has 5 aliphatic carbocycles. The van der Waals surface area contributed by atoms with Gasteiger partial charge >= 0.3 is 0 Å². The molecule has 4 saturated carbocycles. The maximum Gasteiger partial charge on any atom is 0.160 e. The third kappa shape index (κ3) is 4.39. The zero-order valence-electron chi connectivity index (χ0n) is 28.9. The first-order valence-corrected chi connectivity index (χ1v) is 17.8. The Morgan fingerprint density at radius 1 is 0.909 bits per heavy atom. The normalized spacial score (nSPS) is 41.1. The van der Waals surface area contributed by atoms with Crippen molar-refractivity contribution in [3.8, 4) is 5.75 Å². The Kier molecular flexibility index (Phi) is 7.87. The van der Waals surface area contributed by atoms with Crippen LogP contribution in [0.2, 0.25) is 0 Å². The van der Waals surface area contributed by atoms with Crippen LogP contribution in [0.15, 0.2) is 35.4 Å². The molecule has 6 rings (SSSR count). The van der Waals surface area contributed by atoms with Gasteiger partial charge in [0.25, 0.3) is 0 Å². The van der Waals surface area contributed by atoms with E-state index in [1.165, 1.54) is 30.4 Å². The number of allylic oxidation sites excluding steroid dienone is 2. The minimum Gasteiger partial charge on any atom is -0.497 e. The van der Waals surface area contributed by atoms with Gasteiger partial charge in [-0.05, 0) is 138 Å². The molecule has 0 saturated heterocycles. The number of hydrogen-bond acceptors (Lipinski definition) is 4. The van der Waals surface area contributed by atoms with Crippen molar-refractivity contribution in [2.24, 2.45) is 50.7 Å². The molecule has 4 fully saturated rings. The molecule has 0 aliphatic heterocycles. The lowest BCUT2D eigenvalue weighted by molar-refractivity contribution is -0.228. The van der Waals surface area contributed by atoms with Crippen molar-refractivity contribution in [2.75, 3.05) is 7.11 Å². The van der Waals surface area contributed by atoms with Gasteiger partial charge in [0, 0.05) is 12.8 Å². The van der Waals surface area contributed by atoms with Crippen LogP contribution in [-0.2, 0) is 16.0 Å². The summed E-state index contributed by atoms with van der Waals surface area (Å²) in [6.45, 7) is 16.7. The average molecular weight is 603 g/mol. The van der Waals surface area contributed by atoms with E-state index in [0.717, 1.165) is 56.3 Å². The van der Waals surface area contributed by atoms with Crippen molar-refractivity contribution in [3.05, 3.63) is 41.0 Å². The molecule has 0 bridgehead atoms. The highest BCUT2D eigenvalue weighted by Gasteiger charge is 2.70. The second-order valence-electron chi connectivity index (χ2n) is 17.3. The smallest absolute Gasteiger partial charge is 0.160 e. The quantitative estimate of drug-likeness (QED) is 0.338. The van der Waals surface area contributed by atoms with Gasteiger partial charge in [0.05, 0.1) is 18.6 Å². The van der Waals surface area contributed by atoms with Gasteiger partial charge in [-0.25, -0.2) is 0 Å². The highest BCUT2D eigenvalue weighted by molar-refractivity contribution is 6.07. The maximum atomic E-state index is 14.5. The van der Waals surface area contributed by atoms with Gasteiger partial charge in [-0.3, -0.25) is 9.59 Å². The predicted octanol–water partition coefficient (Wildman–Crippen LogP) is 8.93. The number of carbonyl (C=O) groups is 2. The minimum absolute atomic E-state index is 0.0583. The SMILES string of the molecule is COc1ccc(CCCC(=O)[C@@]23CC[C@]4(C)[C@H](CC[C@@H]5[C@@]6(C)CC[C@H](O)C(C)(C)[C@@H]6CC[C@]54C)C2=C(C(C)C)C(=O)C3)cc1. The van der Waals surface area contributed by atoms with E-state index in [-0.39, 0.29) is 39.5 Å². The molecule has 0 aromatic heterocycles. The van der Waals surface area contributed by atoms with Crippen LogP contribution in [0.1, 0.15) is 125 Å². The number of hydrogen-bond donors (Lipinski definition) is 1. The Balaban J connectivity index is 1.31. The summed E-state index contributed by atoms with van der Waals surface area (Å²) < 4.78 is 5.31. The summed E-state index contributed by atoms with van der Waals surface area (Å²) in [6, 6.07) is 8.17. The number of aryl methyl sites for hydroxylation is 1. The first kappa shape index (κ1) is 32.0. The molecule has 1 aromatic carbocycles. The van der Waals surface area contributed by atoms with Gasteiger partial charge in [0.1, 0.15) is 11.5 Å². The minimum atomic E-state index is -0.595. The summed E-state index contributed by atoms with van der Waals surface area (Å²) in [5.41, 5.74) is 3.30. The third-order valence-corrected chi connectivity index (χ3v) is 15.0. The van der Waals surface area contributed by atoms with E-state index in [9.17, 15) is 14.7 Å². The highest BCUT2D eigenvalue weighted by Crippen LogP contribution is 2.76. The first-order chi connectivity index (χ1) is 20.7. The summed E-state index contributed by atoms with van der Waals surface area (Å²) in [7, 11) is 1.68. The Hall–Kier alpha value is -1.94. The molecule has 0 spiro atoms. The van der Waals surface area contributed by atoms with Gasteiger partial charge in [0.15, 0.2) is 5.78 Å². The lowest BCUT2D eigenvalue weighted by atomic mass is 9.33. The monoisotopic (exact) mass is 602 g/mol. The number of ketones is 2. The zero-order valence-corrected chi connectivity index (χ0v) is 28.9. The van der Waals surface area contributed by atoms with Crippen molar-refractivity contribution in [2.45, 2.75) is 132 Å². The van der Waals surface area contributed by atoms with E-state index in [1.54, 1.807) is 7.11 Å². The van der Waals surface area contributed by atoms with Crippen LogP contribution in [0.4, 0.5) is 0 Å². The molecule has 0 unspecified atom stereocenters. The fraction of sp³-hybridized carbons (Fsp3) is 0.750. The Morgan fingerprint density at radius 3 is 2.27 bits per heavy atom. The lowest BCUT2D eigenvalue weighted by Gasteiger charge is -2.72. The van der Waals surface area contributed by atoms with E-state index in [0.29, 0.717) is 36.4 Å². The number of Topliss-reactive ketones (excluding diaryl/α,β-unsaturated/α-hetero) is 2. The van der Waals surface area contributed by atoms with Crippen LogP contribution >= 0.6 is 0 Å². The molecule has 1 N–H and O–H groups in total. The second-order valence-corrected chi connectivity index (χ2v) is 17.3. The number of rotatable bonds is 7. The summed E-state index contributed by atoms with van der Waals surface area (Å²) in [6.07, 6.45) is 10.9. The van der Waals surface area contributed by atoms with Crippen LogP contribution in [-0.4, -0.2) is 29.9 Å². The fourth-order valence-corrected chi connectivity index (χ4v) is 12.4. The van der Waals surface area contributed by atoms with Gasteiger partial charge in [-0.2, -0.15) is 0 Å². The van der Waals surface area contributed by atoms with Crippen molar-refractivity contribution in [1.29, 1.82) is 0 Å². The predicted molar refractivity (Wildman–Crippen MR) is 176 cm³/mol. The fourth-order valence-electron chi connectivity index (χ4n) is 12.4. The first-order valence-electron chi connectivity index (χ1n) is 17.8. The van der Waals surface area contributed by atoms with Gasteiger partial charge < -0.3 is 9.84 Å². The summed E-state index contributed by atoms with van der Waals surface area (Å²) in [5, 5.41) is 11.1. The molecule has 0 heterocycles. The number of methoxy groups -OCH3 is 1. The number of fused-ring (bicyclic) bond motifs is 7. The van der Waals surface area contributed by atoms with E-state index in [2.05, 4.69) is 60.6 Å². The molecule has 0 radical (unpaired) electrons. The lowest BCUT2D eigenvalue weighted by Crippen LogP contribution is -2.65. The molecule has 8 atom stereocenters. The maximum absolute atomic E-state index is 14.5. The van der Waals surface area contributed by atoms with Crippen molar-refractivity contribution >= 4 is 11.6 Å². The van der Waals surface area contributed by atoms with E-state index >= 15 is 0 Å².